The third-order valence-corrected chi connectivity index (χ3v) is 4.87. The standard InChI is InChI=1S/C23H20N2O3/c1-3-25(4-2)16-8-10-19-21(13-16)28-22-14-20(27)17-9-7-15(6-5-11-26)12-18(17)23(22)24-19/h7-10,12-14,26H,3-4,11H2,1-2H3. The molecule has 0 atom stereocenters. The van der Waals surface area contributed by atoms with Gasteiger partial charge >= 0.3 is 0 Å². The van der Waals surface area contributed by atoms with Gasteiger partial charge in [-0.15, -0.1) is 0 Å². The summed E-state index contributed by atoms with van der Waals surface area (Å²) in [4.78, 5) is 19.5. The lowest BCUT2D eigenvalue weighted by Crippen LogP contribution is -2.21. The Balaban J connectivity index is 1.98. The van der Waals surface area contributed by atoms with E-state index in [4.69, 9.17) is 14.5 Å². The van der Waals surface area contributed by atoms with Crippen LogP contribution in [-0.2, 0) is 0 Å². The van der Waals surface area contributed by atoms with Crippen molar-refractivity contribution < 1.29 is 9.52 Å². The van der Waals surface area contributed by atoms with Crippen LogP contribution in [0.3, 0.4) is 0 Å². The van der Waals surface area contributed by atoms with Crippen molar-refractivity contribution in [1.29, 1.82) is 0 Å². The maximum atomic E-state index is 12.5. The van der Waals surface area contributed by atoms with Crippen LogP contribution < -0.4 is 10.3 Å². The van der Waals surface area contributed by atoms with E-state index in [1.54, 1.807) is 12.1 Å². The summed E-state index contributed by atoms with van der Waals surface area (Å²) in [5, 5.41) is 10.2. The molecule has 0 unspecified atom stereocenters. The van der Waals surface area contributed by atoms with Crippen molar-refractivity contribution in [3.8, 4) is 23.3 Å². The van der Waals surface area contributed by atoms with Crippen LogP contribution in [0.15, 0.2) is 51.7 Å². The number of rotatable bonds is 3. The van der Waals surface area contributed by atoms with E-state index in [-0.39, 0.29) is 12.0 Å². The van der Waals surface area contributed by atoms with E-state index < -0.39 is 0 Å². The molecule has 2 aromatic carbocycles. The first-order chi connectivity index (χ1) is 13.6. The molecule has 1 aliphatic heterocycles. The lowest BCUT2D eigenvalue weighted by atomic mass is 10.0. The highest BCUT2D eigenvalue weighted by molar-refractivity contribution is 5.97. The molecule has 0 amide bonds. The summed E-state index contributed by atoms with van der Waals surface area (Å²) in [5.41, 5.74) is 3.67. The van der Waals surface area contributed by atoms with Crippen LogP contribution in [0.2, 0.25) is 0 Å². The van der Waals surface area contributed by atoms with Gasteiger partial charge in [-0.2, -0.15) is 0 Å². The highest BCUT2D eigenvalue weighted by Crippen LogP contribution is 2.32. The third kappa shape index (κ3) is 3.08. The summed E-state index contributed by atoms with van der Waals surface area (Å²) < 4.78 is 6.07. The van der Waals surface area contributed by atoms with Crippen LogP contribution >= 0.6 is 0 Å². The second kappa shape index (κ2) is 7.34. The predicted molar refractivity (Wildman–Crippen MR) is 112 cm³/mol. The molecule has 1 aliphatic carbocycles. The molecule has 0 bridgehead atoms. The minimum atomic E-state index is -0.215. The van der Waals surface area contributed by atoms with Gasteiger partial charge in [-0.3, -0.25) is 4.79 Å². The van der Waals surface area contributed by atoms with E-state index in [9.17, 15) is 4.79 Å². The van der Waals surface area contributed by atoms with Crippen LogP contribution in [-0.4, -0.2) is 29.8 Å². The lowest BCUT2D eigenvalue weighted by Gasteiger charge is -2.21. The zero-order chi connectivity index (χ0) is 19.7. The zero-order valence-electron chi connectivity index (χ0n) is 15.8. The molecule has 0 spiro atoms. The van der Waals surface area contributed by atoms with E-state index in [1.807, 2.05) is 24.3 Å². The molecular formula is C23H20N2O3. The molecule has 0 saturated carbocycles. The highest BCUT2D eigenvalue weighted by atomic mass is 16.3. The normalized spacial score (nSPS) is 11.0. The lowest BCUT2D eigenvalue weighted by molar-refractivity contribution is 0.350. The van der Waals surface area contributed by atoms with Crippen LogP contribution in [0.4, 0.5) is 5.69 Å². The van der Waals surface area contributed by atoms with E-state index in [2.05, 4.69) is 30.6 Å². The number of aliphatic hydroxyl groups is 1. The molecule has 5 heteroatoms. The summed E-state index contributed by atoms with van der Waals surface area (Å²) in [6.45, 7) is 5.80. The number of fused-ring (bicyclic) bond motifs is 4. The molecule has 0 aromatic heterocycles. The summed E-state index contributed by atoms with van der Waals surface area (Å²) >= 11 is 0. The Kier molecular flexibility index (Phi) is 4.72. The SMILES string of the molecule is CCN(CC)c1ccc2nc3c4cc(C#CCO)ccc4c(=O)cc-3oc2c1. The van der Waals surface area contributed by atoms with Gasteiger partial charge in [-0.25, -0.2) is 4.98 Å². The Bertz CT molecular complexity index is 1260. The number of nitrogens with zero attached hydrogens (tertiary/aromatic N) is 2. The molecule has 2 aromatic rings. The highest BCUT2D eigenvalue weighted by Gasteiger charge is 2.16. The van der Waals surface area contributed by atoms with Crippen molar-refractivity contribution >= 4 is 27.6 Å². The van der Waals surface area contributed by atoms with Crippen LogP contribution in [0.25, 0.3) is 33.3 Å². The topological polar surface area (TPSA) is 66.6 Å². The number of hydrogen-bond donors (Lipinski definition) is 1. The summed E-state index contributed by atoms with van der Waals surface area (Å²) in [6, 6.07) is 12.8. The maximum Gasteiger partial charge on any atom is 0.190 e. The molecule has 1 heterocycles. The average Bonchev–Trinajstić information content (AvgIpc) is 2.72. The van der Waals surface area contributed by atoms with Gasteiger partial charge in [0, 0.05) is 47.2 Å². The number of aromatic nitrogens is 1. The fourth-order valence-electron chi connectivity index (χ4n) is 3.47. The van der Waals surface area contributed by atoms with Crippen LogP contribution in [0.5, 0.6) is 0 Å². The Morgan fingerprint density at radius 2 is 1.89 bits per heavy atom. The fraction of sp³-hybridized carbons (Fsp3) is 0.217. The van der Waals surface area contributed by atoms with Crippen LogP contribution in [0.1, 0.15) is 19.4 Å². The van der Waals surface area contributed by atoms with Crippen molar-refractivity contribution in [3.63, 3.8) is 0 Å². The molecule has 140 valence electrons. The molecule has 28 heavy (non-hydrogen) atoms. The molecule has 1 N–H and O–H groups in total. The molecule has 0 fully saturated rings. The number of benzene rings is 3. The second-order valence-corrected chi connectivity index (χ2v) is 6.48. The van der Waals surface area contributed by atoms with Gasteiger partial charge in [0.15, 0.2) is 16.8 Å². The molecule has 4 rings (SSSR count). The Hall–Kier alpha value is -3.36. The van der Waals surface area contributed by atoms with Crippen molar-refractivity contribution in [2.75, 3.05) is 24.6 Å². The summed E-state index contributed by atoms with van der Waals surface area (Å²) in [5.74, 6) is 5.96. The first-order valence-electron chi connectivity index (χ1n) is 9.30. The first kappa shape index (κ1) is 18.0. The van der Waals surface area contributed by atoms with Gasteiger partial charge in [0.1, 0.15) is 17.8 Å². The summed E-state index contributed by atoms with van der Waals surface area (Å²) in [7, 11) is 0. The van der Waals surface area contributed by atoms with Crippen molar-refractivity contribution in [2.24, 2.45) is 0 Å². The van der Waals surface area contributed by atoms with Crippen molar-refractivity contribution in [3.05, 3.63) is 58.3 Å². The first-order valence-corrected chi connectivity index (χ1v) is 9.30. The average molecular weight is 372 g/mol. The fourth-order valence-corrected chi connectivity index (χ4v) is 3.47. The van der Waals surface area contributed by atoms with E-state index in [1.165, 1.54) is 6.07 Å². The monoisotopic (exact) mass is 372 g/mol. The van der Waals surface area contributed by atoms with Gasteiger partial charge in [-0.05, 0) is 44.2 Å². The van der Waals surface area contributed by atoms with E-state index >= 15 is 0 Å². The Labute approximate surface area is 162 Å². The molecule has 5 nitrogen and oxygen atoms in total. The van der Waals surface area contributed by atoms with Gasteiger partial charge in [0.2, 0.25) is 0 Å². The van der Waals surface area contributed by atoms with Gasteiger partial charge < -0.3 is 14.4 Å². The van der Waals surface area contributed by atoms with Crippen molar-refractivity contribution in [2.45, 2.75) is 13.8 Å². The molecular weight excluding hydrogens is 352 g/mol. The van der Waals surface area contributed by atoms with Crippen LogP contribution in [0, 0.1) is 11.8 Å². The zero-order valence-corrected chi connectivity index (χ0v) is 15.8. The number of aliphatic hydroxyl groups excluding tert-OH is 1. The minimum Gasteiger partial charge on any atom is -0.453 e. The Morgan fingerprint density at radius 1 is 1.07 bits per heavy atom. The number of anilines is 1. The van der Waals surface area contributed by atoms with Gasteiger partial charge in [0.05, 0.1) is 0 Å². The maximum absolute atomic E-state index is 12.5. The largest absolute Gasteiger partial charge is 0.453 e. The minimum absolute atomic E-state index is 0.117. The smallest absolute Gasteiger partial charge is 0.190 e. The van der Waals surface area contributed by atoms with Gasteiger partial charge in [0.25, 0.3) is 0 Å². The predicted octanol–water partition coefficient (Wildman–Crippen LogP) is 3.64. The molecule has 0 radical (unpaired) electrons. The summed E-state index contributed by atoms with van der Waals surface area (Å²) in [6.07, 6.45) is 0. The third-order valence-electron chi connectivity index (χ3n) is 4.87. The van der Waals surface area contributed by atoms with Crippen molar-refractivity contribution in [1.82, 2.24) is 4.98 Å². The number of hydrogen-bond acceptors (Lipinski definition) is 5. The molecule has 0 saturated heterocycles. The van der Waals surface area contributed by atoms with Gasteiger partial charge in [-0.1, -0.05) is 11.8 Å². The van der Waals surface area contributed by atoms with E-state index in [0.717, 1.165) is 24.3 Å². The quantitative estimate of drug-likeness (QED) is 0.338. The Morgan fingerprint density at radius 3 is 2.64 bits per heavy atom. The second-order valence-electron chi connectivity index (χ2n) is 6.48. The molecule has 2 aliphatic rings. The van der Waals surface area contributed by atoms with E-state index in [0.29, 0.717) is 33.4 Å².